The van der Waals surface area contributed by atoms with Crippen molar-refractivity contribution in [1.29, 1.82) is 0 Å². The zero-order valence-corrected chi connectivity index (χ0v) is 23.1. The first-order valence-electron chi connectivity index (χ1n) is 12.3. The van der Waals surface area contributed by atoms with Gasteiger partial charge in [0.05, 0.1) is 30.9 Å². The summed E-state index contributed by atoms with van der Waals surface area (Å²) in [4.78, 5) is 12.9. The second-order valence-corrected chi connectivity index (χ2v) is 11.2. The number of anilines is 1. The first-order chi connectivity index (χ1) is 18.2. The fraction of sp³-hybridized carbons (Fsp3) is 0.542. The number of fused-ring (bicyclic) bond motifs is 3. The zero-order chi connectivity index (χ0) is 27.4. The summed E-state index contributed by atoms with van der Waals surface area (Å²) in [6, 6.07) is 1.28. The number of hydrogen-bond acceptors (Lipinski definition) is 11. The molecule has 38 heavy (non-hydrogen) atoms. The van der Waals surface area contributed by atoms with Crippen molar-refractivity contribution in [2.45, 2.75) is 58.1 Å². The van der Waals surface area contributed by atoms with Gasteiger partial charge in [0.25, 0.3) is 5.88 Å². The maximum Gasteiger partial charge on any atom is 0.257 e. The van der Waals surface area contributed by atoms with E-state index >= 15 is 0 Å². The molecule has 4 rings (SSSR count). The van der Waals surface area contributed by atoms with Crippen LogP contribution in [0.2, 0.25) is 0 Å². The Morgan fingerprint density at radius 2 is 1.92 bits per heavy atom. The van der Waals surface area contributed by atoms with Crippen molar-refractivity contribution in [2.75, 3.05) is 31.7 Å². The summed E-state index contributed by atoms with van der Waals surface area (Å²) >= 11 is 0. The van der Waals surface area contributed by atoms with Gasteiger partial charge in [-0.25, -0.2) is 23.4 Å². The van der Waals surface area contributed by atoms with Gasteiger partial charge < -0.3 is 18.9 Å². The Bertz CT molecular complexity index is 1350. The molecule has 13 nitrogen and oxygen atoms in total. The van der Waals surface area contributed by atoms with Crippen molar-refractivity contribution >= 4 is 16.0 Å². The molecule has 0 bridgehead atoms. The van der Waals surface area contributed by atoms with Gasteiger partial charge in [0.1, 0.15) is 18.0 Å². The molecule has 0 saturated heterocycles. The van der Waals surface area contributed by atoms with E-state index in [1.165, 1.54) is 0 Å². The highest BCUT2D eigenvalue weighted by Gasteiger charge is 2.37. The maximum absolute atomic E-state index is 13.7. The Hall–Kier alpha value is -3.36. The Labute approximate surface area is 222 Å². The van der Waals surface area contributed by atoms with Gasteiger partial charge >= 0.3 is 0 Å². The van der Waals surface area contributed by atoms with Crippen molar-refractivity contribution < 1.29 is 27.4 Å². The second-order valence-electron chi connectivity index (χ2n) is 9.14. The number of nitrogens with zero attached hydrogens (tertiary/aromatic N) is 6. The number of ether oxygens (including phenoxy) is 4. The standard InChI is InChI=1S/C24H33N7O6S/c1-7-35-23-20-18(8-9-25-23)22-28-29-24(31(22)17(12-34-6)13-36-20)30-38(32,33)16(5)19(37-14(2)3)21-26-10-15(4)11-27-21/h8-11,14,16-17,19H,7,12-13H2,1-6H3,(H,29,30)/t16-,17+,19-/m0/s1. The van der Waals surface area contributed by atoms with Crippen LogP contribution in [0.3, 0.4) is 0 Å². The van der Waals surface area contributed by atoms with Gasteiger partial charge in [-0.15, -0.1) is 10.2 Å². The van der Waals surface area contributed by atoms with Crippen molar-refractivity contribution in [2.24, 2.45) is 0 Å². The molecule has 0 amide bonds. The number of methoxy groups -OCH3 is 1. The molecule has 1 aliphatic rings. The highest BCUT2D eigenvalue weighted by atomic mass is 32.2. The third kappa shape index (κ3) is 5.71. The van der Waals surface area contributed by atoms with Gasteiger partial charge in [0.2, 0.25) is 16.0 Å². The average Bonchev–Trinajstić information content (AvgIpc) is 3.20. The SMILES string of the molecule is CCOc1nccc2c1OC[C@@H](COC)n1c(NS(=O)(=O)[C@@H](C)[C@H](OC(C)C)c3ncc(C)cn3)nnc1-2. The summed E-state index contributed by atoms with van der Waals surface area (Å²) < 4.78 is 54.7. The molecule has 0 saturated carbocycles. The van der Waals surface area contributed by atoms with Crippen LogP contribution in [0.15, 0.2) is 24.7 Å². The summed E-state index contributed by atoms with van der Waals surface area (Å²) in [5, 5.41) is 7.44. The fourth-order valence-electron chi connectivity index (χ4n) is 4.05. The summed E-state index contributed by atoms with van der Waals surface area (Å²) in [5.74, 6) is 1.42. The van der Waals surface area contributed by atoms with Crippen molar-refractivity contribution in [1.82, 2.24) is 29.7 Å². The van der Waals surface area contributed by atoms with Crippen LogP contribution in [0, 0.1) is 6.92 Å². The summed E-state index contributed by atoms with van der Waals surface area (Å²) in [7, 11) is -2.51. The second kappa shape index (κ2) is 11.6. The molecule has 14 heteroatoms. The molecule has 0 aromatic carbocycles. The molecule has 3 atom stereocenters. The third-order valence-electron chi connectivity index (χ3n) is 5.86. The number of aryl methyl sites for hydroxylation is 1. The van der Waals surface area contributed by atoms with E-state index in [0.717, 1.165) is 5.56 Å². The predicted molar refractivity (Wildman–Crippen MR) is 139 cm³/mol. The minimum atomic E-state index is -4.06. The van der Waals surface area contributed by atoms with Crippen LogP contribution in [0.5, 0.6) is 11.6 Å². The van der Waals surface area contributed by atoms with E-state index in [1.807, 2.05) is 27.7 Å². The van der Waals surface area contributed by atoms with E-state index in [2.05, 4.69) is 29.9 Å². The summed E-state index contributed by atoms with van der Waals surface area (Å²) in [5.41, 5.74) is 1.42. The van der Waals surface area contributed by atoms with Crippen molar-refractivity contribution in [3.63, 3.8) is 0 Å². The Balaban J connectivity index is 1.72. The molecule has 0 radical (unpaired) electrons. The predicted octanol–water partition coefficient (Wildman–Crippen LogP) is 2.71. The number of hydrogen-bond donors (Lipinski definition) is 1. The quantitative estimate of drug-likeness (QED) is 0.377. The van der Waals surface area contributed by atoms with E-state index in [4.69, 9.17) is 18.9 Å². The molecular formula is C24H33N7O6S. The van der Waals surface area contributed by atoms with Gasteiger partial charge in [0.15, 0.2) is 17.4 Å². The Kier molecular flexibility index (Phi) is 8.43. The monoisotopic (exact) mass is 547 g/mol. The zero-order valence-electron chi connectivity index (χ0n) is 22.3. The molecule has 3 aromatic heterocycles. The van der Waals surface area contributed by atoms with Gasteiger partial charge in [0, 0.05) is 25.7 Å². The molecule has 206 valence electrons. The maximum atomic E-state index is 13.7. The van der Waals surface area contributed by atoms with Crippen LogP contribution in [0.1, 0.15) is 51.2 Å². The number of aromatic nitrogens is 6. The first kappa shape index (κ1) is 27.7. The summed E-state index contributed by atoms with van der Waals surface area (Å²) in [6.07, 6.45) is 3.65. The molecule has 0 spiro atoms. The van der Waals surface area contributed by atoms with Crippen LogP contribution in [0.4, 0.5) is 5.95 Å². The topological polar surface area (TPSA) is 152 Å². The summed E-state index contributed by atoms with van der Waals surface area (Å²) in [6.45, 7) is 9.66. The number of rotatable bonds is 11. The lowest BCUT2D eigenvalue weighted by Gasteiger charge is -2.26. The van der Waals surface area contributed by atoms with Crippen molar-refractivity contribution in [3.8, 4) is 23.0 Å². The lowest BCUT2D eigenvalue weighted by Crippen LogP contribution is -2.35. The molecule has 1 N–H and O–H groups in total. The Morgan fingerprint density at radius 3 is 2.58 bits per heavy atom. The number of nitrogens with one attached hydrogen (secondary N) is 1. The smallest absolute Gasteiger partial charge is 0.257 e. The van der Waals surface area contributed by atoms with Gasteiger partial charge in [-0.3, -0.25) is 9.29 Å². The molecule has 0 aliphatic carbocycles. The number of pyridine rings is 1. The van der Waals surface area contributed by atoms with Crippen molar-refractivity contribution in [3.05, 3.63) is 36.0 Å². The molecule has 3 aromatic rings. The highest BCUT2D eigenvalue weighted by Crippen LogP contribution is 2.41. The first-order valence-corrected chi connectivity index (χ1v) is 13.8. The van der Waals surface area contributed by atoms with Crippen LogP contribution < -0.4 is 14.2 Å². The van der Waals surface area contributed by atoms with Crippen LogP contribution >= 0.6 is 0 Å². The molecule has 0 fully saturated rings. The average molecular weight is 548 g/mol. The molecule has 0 unspecified atom stereocenters. The largest absolute Gasteiger partial charge is 0.485 e. The minimum Gasteiger partial charge on any atom is -0.485 e. The third-order valence-corrected chi connectivity index (χ3v) is 7.55. The highest BCUT2D eigenvalue weighted by molar-refractivity contribution is 7.93. The number of sulfonamides is 1. The van der Waals surface area contributed by atoms with E-state index in [9.17, 15) is 8.42 Å². The van der Waals surface area contributed by atoms with Gasteiger partial charge in [-0.2, -0.15) is 0 Å². The van der Waals surface area contributed by atoms with E-state index < -0.39 is 27.4 Å². The van der Waals surface area contributed by atoms with Crippen LogP contribution in [-0.4, -0.2) is 76.4 Å². The van der Waals surface area contributed by atoms with Gasteiger partial charge in [-0.05, 0) is 46.2 Å². The minimum absolute atomic E-state index is 0.0215. The molecule has 4 heterocycles. The molecular weight excluding hydrogens is 514 g/mol. The van der Waals surface area contributed by atoms with Gasteiger partial charge in [-0.1, -0.05) is 0 Å². The van der Waals surface area contributed by atoms with Crippen LogP contribution in [-0.2, 0) is 19.5 Å². The normalized spacial score (nSPS) is 16.7. The Morgan fingerprint density at radius 1 is 1.18 bits per heavy atom. The van der Waals surface area contributed by atoms with E-state index in [-0.39, 0.29) is 31.1 Å². The fourth-order valence-corrected chi connectivity index (χ4v) is 5.14. The van der Waals surface area contributed by atoms with E-state index in [0.29, 0.717) is 29.6 Å². The lowest BCUT2D eigenvalue weighted by atomic mass is 10.2. The lowest BCUT2D eigenvalue weighted by molar-refractivity contribution is 0.00152. The van der Waals surface area contributed by atoms with E-state index in [1.54, 1.807) is 43.3 Å². The molecule has 1 aliphatic heterocycles. The van der Waals surface area contributed by atoms with Crippen LogP contribution in [0.25, 0.3) is 11.4 Å².